The van der Waals surface area contributed by atoms with Gasteiger partial charge in [0.1, 0.15) is 0 Å². The molecule has 1 aliphatic heterocycles. The van der Waals surface area contributed by atoms with E-state index in [-0.39, 0.29) is 11.5 Å². The standard InChI is InChI=1S/C8H19N3O2S/c1-8(2,3)11-6-7(4-9)5-10-14(11,12)13/h7,10H,4-6,9H2,1-3H3. The molecule has 0 bridgehead atoms. The zero-order chi connectivity index (χ0) is 11.0. The van der Waals surface area contributed by atoms with Crippen molar-refractivity contribution in [3.05, 3.63) is 0 Å². The van der Waals surface area contributed by atoms with Gasteiger partial charge in [-0.3, -0.25) is 0 Å². The van der Waals surface area contributed by atoms with Crippen LogP contribution in [0.5, 0.6) is 0 Å². The Bertz CT molecular complexity index is 294. The first-order chi connectivity index (χ1) is 6.27. The molecule has 0 aromatic heterocycles. The number of nitrogens with one attached hydrogen (secondary N) is 1. The zero-order valence-electron chi connectivity index (χ0n) is 8.95. The lowest BCUT2D eigenvalue weighted by atomic mass is 10.1. The van der Waals surface area contributed by atoms with Crippen molar-refractivity contribution in [2.75, 3.05) is 19.6 Å². The molecule has 0 aliphatic carbocycles. The van der Waals surface area contributed by atoms with E-state index in [2.05, 4.69) is 4.72 Å². The summed E-state index contributed by atoms with van der Waals surface area (Å²) in [6.07, 6.45) is 0. The third-order valence-corrected chi connectivity index (χ3v) is 4.16. The fourth-order valence-corrected chi connectivity index (χ4v) is 3.22. The van der Waals surface area contributed by atoms with Gasteiger partial charge in [0.25, 0.3) is 10.2 Å². The van der Waals surface area contributed by atoms with Gasteiger partial charge in [-0.15, -0.1) is 0 Å². The maximum Gasteiger partial charge on any atom is 0.279 e. The molecule has 1 fully saturated rings. The van der Waals surface area contributed by atoms with Gasteiger partial charge < -0.3 is 5.73 Å². The Balaban J connectivity index is 2.88. The number of rotatable bonds is 1. The number of nitrogens with zero attached hydrogens (tertiary/aromatic N) is 1. The Morgan fingerprint density at radius 3 is 2.50 bits per heavy atom. The minimum absolute atomic E-state index is 0.206. The largest absolute Gasteiger partial charge is 0.330 e. The van der Waals surface area contributed by atoms with Gasteiger partial charge in [-0.25, -0.2) is 4.72 Å². The zero-order valence-corrected chi connectivity index (χ0v) is 9.76. The van der Waals surface area contributed by atoms with Crippen LogP contribution in [0.25, 0.3) is 0 Å². The molecule has 0 radical (unpaired) electrons. The van der Waals surface area contributed by atoms with Crippen molar-refractivity contribution in [1.29, 1.82) is 0 Å². The fourth-order valence-electron chi connectivity index (χ4n) is 1.49. The molecular weight excluding hydrogens is 202 g/mol. The molecule has 0 saturated carbocycles. The Hall–Kier alpha value is -0.170. The molecule has 14 heavy (non-hydrogen) atoms. The Kier molecular flexibility index (Phi) is 3.20. The molecule has 1 heterocycles. The van der Waals surface area contributed by atoms with E-state index in [1.165, 1.54) is 4.31 Å². The maximum atomic E-state index is 11.7. The van der Waals surface area contributed by atoms with Gasteiger partial charge in [-0.1, -0.05) is 0 Å². The van der Waals surface area contributed by atoms with Gasteiger partial charge in [0.15, 0.2) is 0 Å². The van der Waals surface area contributed by atoms with E-state index < -0.39 is 10.2 Å². The van der Waals surface area contributed by atoms with Crippen LogP contribution in [-0.4, -0.2) is 37.9 Å². The SMILES string of the molecule is CC(C)(C)N1CC(CN)CNS1(=O)=O. The lowest BCUT2D eigenvalue weighted by Gasteiger charge is -2.40. The lowest BCUT2D eigenvalue weighted by Crippen LogP contribution is -2.59. The van der Waals surface area contributed by atoms with Crippen molar-refractivity contribution in [3.8, 4) is 0 Å². The van der Waals surface area contributed by atoms with Crippen LogP contribution in [0.2, 0.25) is 0 Å². The molecular formula is C8H19N3O2S. The summed E-state index contributed by atoms with van der Waals surface area (Å²) in [7, 11) is -3.30. The van der Waals surface area contributed by atoms with Gasteiger partial charge in [0.05, 0.1) is 0 Å². The van der Waals surface area contributed by atoms with Gasteiger partial charge in [0.2, 0.25) is 0 Å². The third kappa shape index (κ3) is 2.44. The predicted molar refractivity (Wildman–Crippen MR) is 55.9 cm³/mol. The second-order valence-corrected chi connectivity index (χ2v) is 6.34. The summed E-state index contributed by atoms with van der Waals surface area (Å²) in [5.41, 5.74) is 5.15. The summed E-state index contributed by atoms with van der Waals surface area (Å²) in [6, 6.07) is 0. The Morgan fingerprint density at radius 2 is 2.07 bits per heavy atom. The average Bonchev–Trinajstić information content (AvgIpc) is 2.01. The molecule has 1 saturated heterocycles. The monoisotopic (exact) mass is 221 g/mol. The van der Waals surface area contributed by atoms with Crippen LogP contribution in [0, 0.1) is 5.92 Å². The first-order valence-corrected chi connectivity index (χ1v) is 6.19. The van der Waals surface area contributed by atoms with E-state index in [0.29, 0.717) is 19.6 Å². The van der Waals surface area contributed by atoms with E-state index in [0.717, 1.165) is 0 Å². The Morgan fingerprint density at radius 1 is 1.50 bits per heavy atom. The molecule has 1 rings (SSSR count). The molecule has 6 heteroatoms. The average molecular weight is 221 g/mol. The van der Waals surface area contributed by atoms with Crippen LogP contribution < -0.4 is 10.5 Å². The second kappa shape index (κ2) is 3.77. The van der Waals surface area contributed by atoms with Gasteiger partial charge in [0, 0.05) is 18.6 Å². The number of hydrogen-bond donors (Lipinski definition) is 2. The highest BCUT2D eigenvalue weighted by Crippen LogP contribution is 2.21. The summed E-state index contributed by atoms with van der Waals surface area (Å²) in [4.78, 5) is 0. The topological polar surface area (TPSA) is 75.4 Å². The van der Waals surface area contributed by atoms with Crippen LogP contribution in [0.4, 0.5) is 0 Å². The van der Waals surface area contributed by atoms with Crippen molar-refractivity contribution >= 4 is 10.2 Å². The van der Waals surface area contributed by atoms with Crippen molar-refractivity contribution in [3.63, 3.8) is 0 Å². The van der Waals surface area contributed by atoms with Crippen molar-refractivity contribution in [1.82, 2.24) is 9.03 Å². The number of hydrogen-bond acceptors (Lipinski definition) is 3. The molecule has 5 nitrogen and oxygen atoms in total. The first kappa shape index (κ1) is 11.9. The smallest absolute Gasteiger partial charge is 0.279 e. The third-order valence-electron chi connectivity index (χ3n) is 2.35. The van der Waals surface area contributed by atoms with Gasteiger partial charge in [-0.05, 0) is 33.2 Å². The molecule has 0 aromatic rings. The highest BCUT2D eigenvalue weighted by molar-refractivity contribution is 7.87. The molecule has 1 unspecified atom stereocenters. The van der Waals surface area contributed by atoms with Crippen LogP contribution in [0.1, 0.15) is 20.8 Å². The molecule has 3 N–H and O–H groups in total. The lowest BCUT2D eigenvalue weighted by molar-refractivity contribution is 0.200. The van der Waals surface area contributed by atoms with E-state index in [1.807, 2.05) is 20.8 Å². The normalized spacial score (nSPS) is 29.0. The quantitative estimate of drug-likeness (QED) is 0.627. The summed E-state index contributed by atoms with van der Waals surface area (Å²) >= 11 is 0. The number of nitrogens with two attached hydrogens (primary N) is 1. The predicted octanol–water partition coefficient (Wildman–Crippen LogP) is -0.490. The van der Waals surface area contributed by atoms with Crippen molar-refractivity contribution in [2.45, 2.75) is 26.3 Å². The van der Waals surface area contributed by atoms with Crippen LogP contribution in [-0.2, 0) is 10.2 Å². The summed E-state index contributed by atoms with van der Waals surface area (Å²) in [5.74, 6) is 0.206. The van der Waals surface area contributed by atoms with Crippen LogP contribution >= 0.6 is 0 Å². The fraction of sp³-hybridized carbons (Fsp3) is 1.00. The molecule has 84 valence electrons. The minimum Gasteiger partial charge on any atom is -0.330 e. The van der Waals surface area contributed by atoms with Crippen molar-refractivity contribution in [2.24, 2.45) is 11.7 Å². The minimum atomic E-state index is -3.30. The molecule has 1 aliphatic rings. The molecule has 0 aromatic carbocycles. The Labute approximate surface area is 85.8 Å². The van der Waals surface area contributed by atoms with E-state index in [4.69, 9.17) is 5.73 Å². The van der Waals surface area contributed by atoms with Crippen molar-refractivity contribution < 1.29 is 8.42 Å². The van der Waals surface area contributed by atoms with E-state index in [9.17, 15) is 8.42 Å². The molecule has 1 atom stereocenters. The summed E-state index contributed by atoms with van der Waals surface area (Å²) in [6.45, 7) is 7.11. The van der Waals surface area contributed by atoms with Crippen LogP contribution in [0.3, 0.4) is 0 Å². The summed E-state index contributed by atoms with van der Waals surface area (Å²) in [5, 5.41) is 0. The van der Waals surface area contributed by atoms with Gasteiger partial charge >= 0.3 is 0 Å². The summed E-state index contributed by atoms with van der Waals surface area (Å²) < 4.78 is 27.3. The second-order valence-electron chi connectivity index (χ2n) is 4.66. The van der Waals surface area contributed by atoms with Crippen LogP contribution in [0.15, 0.2) is 0 Å². The molecule has 0 amide bonds. The van der Waals surface area contributed by atoms with E-state index in [1.54, 1.807) is 0 Å². The highest BCUT2D eigenvalue weighted by Gasteiger charge is 2.37. The maximum absolute atomic E-state index is 11.7. The van der Waals surface area contributed by atoms with Gasteiger partial charge in [-0.2, -0.15) is 12.7 Å². The first-order valence-electron chi connectivity index (χ1n) is 4.75. The molecule has 0 spiro atoms. The van der Waals surface area contributed by atoms with E-state index >= 15 is 0 Å². The highest BCUT2D eigenvalue weighted by atomic mass is 32.2.